The number of methoxy groups -OCH3 is 1. The van der Waals surface area contributed by atoms with E-state index in [-0.39, 0.29) is 17.2 Å². The molecule has 1 aromatic carbocycles. The highest BCUT2D eigenvalue weighted by Crippen LogP contribution is 2.25. The molecular formula is C14H20N2O4. The summed E-state index contributed by atoms with van der Waals surface area (Å²) in [7, 11) is 1.45. The quantitative estimate of drug-likeness (QED) is 0.568. The van der Waals surface area contributed by atoms with Gasteiger partial charge in [-0.2, -0.15) is 0 Å². The average molecular weight is 280 g/mol. The summed E-state index contributed by atoms with van der Waals surface area (Å²) in [5, 5.41) is 10.8. The first-order valence-corrected chi connectivity index (χ1v) is 6.66. The number of amides is 1. The van der Waals surface area contributed by atoms with Crippen LogP contribution in [0.5, 0.6) is 5.75 Å². The molecule has 110 valence electrons. The molecule has 1 aromatic rings. The molecule has 0 saturated carbocycles. The summed E-state index contributed by atoms with van der Waals surface area (Å²) in [6, 6.07) is 4.07. The lowest BCUT2D eigenvalue weighted by atomic mass is 10.1. The normalized spacial score (nSPS) is 10.2. The van der Waals surface area contributed by atoms with Crippen LogP contribution in [0.1, 0.15) is 37.0 Å². The summed E-state index contributed by atoms with van der Waals surface area (Å²) in [6.07, 6.45) is 1.67. The van der Waals surface area contributed by atoms with Gasteiger partial charge in [-0.3, -0.25) is 14.9 Å². The maximum absolute atomic E-state index is 12.5. The third-order valence-electron chi connectivity index (χ3n) is 2.90. The molecule has 0 N–H and O–H groups in total. The Balaban J connectivity index is 3.16. The summed E-state index contributed by atoms with van der Waals surface area (Å²) in [6.45, 7) is 5.22. The van der Waals surface area contributed by atoms with E-state index in [9.17, 15) is 14.9 Å². The van der Waals surface area contributed by atoms with Crippen molar-refractivity contribution in [3.8, 4) is 5.75 Å². The Hall–Kier alpha value is -2.11. The SMILES string of the molecule is CCCN(CCC)C(=O)c1cc([N+](=O)[O-])ccc1OC. The predicted molar refractivity (Wildman–Crippen MR) is 76.1 cm³/mol. The standard InChI is InChI=1S/C14H20N2O4/c1-4-8-15(9-5-2)14(17)12-10-11(16(18)19)6-7-13(12)20-3/h6-7,10H,4-5,8-9H2,1-3H3. The van der Waals surface area contributed by atoms with E-state index in [1.165, 1.54) is 25.3 Å². The number of nitrogens with zero attached hydrogens (tertiary/aromatic N) is 2. The second-order valence-electron chi connectivity index (χ2n) is 4.43. The minimum atomic E-state index is -0.514. The molecule has 6 heteroatoms. The zero-order chi connectivity index (χ0) is 15.1. The molecule has 0 fully saturated rings. The molecule has 6 nitrogen and oxygen atoms in total. The van der Waals surface area contributed by atoms with Gasteiger partial charge in [0.2, 0.25) is 0 Å². The Morgan fingerprint density at radius 2 is 1.90 bits per heavy atom. The van der Waals surface area contributed by atoms with Crippen molar-refractivity contribution >= 4 is 11.6 Å². The van der Waals surface area contributed by atoms with Gasteiger partial charge in [0, 0.05) is 25.2 Å². The topological polar surface area (TPSA) is 72.7 Å². The number of ether oxygens (including phenoxy) is 1. The molecule has 20 heavy (non-hydrogen) atoms. The van der Waals surface area contributed by atoms with Gasteiger partial charge >= 0.3 is 0 Å². The molecule has 0 unspecified atom stereocenters. The Kier molecular flexibility index (Phi) is 5.96. The van der Waals surface area contributed by atoms with Gasteiger partial charge in [-0.05, 0) is 18.9 Å². The van der Waals surface area contributed by atoms with E-state index < -0.39 is 4.92 Å². The van der Waals surface area contributed by atoms with E-state index in [0.717, 1.165) is 12.8 Å². The van der Waals surface area contributed by atoms with E-state index in [0.29, 0.717) is 18.8 Å². The fourth-order valence-electron chi connectivity index (χ4n) is 2.00. The van der Waals surface area contributed by atoms with E-state index >= 15 is 0 Å². The Morgan fingerprint density at radius 1 is 1.30 bits per heavy atom. The smallest absolute Gasteiger partial charge is 0.270 e. The molecule has 0 aliphatic heterocycles. The van der Waals surface area contributed by atoms with E-state index in [4.69, 9.17) is 4.74 Å². The van der Waals surface area contributed by atoms with Crippen LogP contribution in [0.2, 0.25) is 0 Å². The average Bonchev–Trinajstić information content (AvgIpc) is 2.45. The van der Waals surface area contributed by atoms with Crippen molar-refractivity contribution in [2.24, 2.45) is 0 Å². The molecule has 0 heterocycles. The molecular weight excluding hydrogens is 260 g/mol. The monoisotopic (exact) mass is 280 g/mol. The first-order chi connectivity index (χ1) is 9.54. The number of hydrogen-bond acceptors (Lipinski definition) is 4. The molecule has 1 amide bonds. The van der Waals surface area contributed by atoms with E-state index in [2.05, 4.69) is 0 Å². The van der Waals surface area contributed by atoms with Crippen molar-refractivity contribution in [2.75, 3.05) is 20.2 Å². The number of nitro benzene ring substituents is 1. The minimum Gasteiger partial charge on any atom is -0.496 e. The van der Waals surface area contributed by atoms with Gasteiger partial charge in [0.05, 0.1) is 17.6 Å². The van der Waals surface area contributed by atoms with Gasteiger partial charge in [-0.15, -0.1) is 0 Å². The molecule has 1 rings (SSSR count). The van der Waals surface area contributed by atoms with Gasteiger partial charge in [-0.1, -0.05) is 13.8 Å². The summed E-state index contributed by atoms with van der Waals surface area (Å²) in [4.78, 5) is 24.5. The Labute approximate surface area is 118 Å². The van der Waals surface area contributed by atoms with Crippen LogP contribution in [-0.4, -0.2) is 35.9 Å². The zero-order valence-corrected chi connectivity index (χ0v) is 12.1. The van der Waals surface area contributed by atoms with Gasteiger partial charge in [0.1, 0.15) is 5.75 Å². The van der Waals surface area contributed by atoms with Crippen LogP contribution < -0.4 is 4.74 Å². The maximum atomic E-state index is 12.5. The van der Waals surface area contributed by atoms with Crippen molar-refractivity contribution in [1.82, 2.24) is 4.90 Å². The van der Waals surface area contributed by atoms with Crippen LogP contribution in [0, 0.1) is 10.1 Å². The predicted octanol–water partition coefficient (Wildman–Crippen LogP) is 2.87. The molecule has 0 spiro atoms. The van der Waals surface area contributed by atoms with Crippen molar-refractivity contribution < 1.29 is 14.5 Å². The Bertz CT molecular complexity index is 482. The largest absolute Gasteiger partial charge is 0.496 e. The molecule has 0 bridgehead atoms. The van der Waals surface area contributed by atoms with Crippen LogP contribution in [0.4, 0.5) is 5.69 Å². The number of non-ortho nitro benzene ring substituents is 1. The van der Waals surface area contributed by atoms with Crippen LogP contribution in [0.3, 0.4) is 0 Å². The van der Waals surface area contributed by atoms with Crippen molar-refractivity contribution in [3.05, 3.63) is 33.9 Å². The summed E-state index contributed by atoms with van der Waals surface area (Å²) in [5.41, 5.74) is 0.130. The highest BCUT2D eigenvalue weighted by molar-refractivity contribution is 5.97. The number of benzene rings is 1. The van der Waals surface area contributed by atoms with Crippen molar-refractivity contribution in [2.45, 2.75) is 26.7 Å². The van der Waals surface area contributed by atoms with Crippen LogP contribution in [-0.2, 0) is 0 Å². The highest BCUT2D eigenvalue weighted by atomic mass is 16.6. The lowest BCUT2D eigenvalue weighted by Gasteiger charge is -2.22. The van der Waals surface area contributed by atoms with Gasteiger partial charge < -0.3 is 9.64 Å². The summed E-state index contributed by atoms with van der Waals surface area (Å²) < 4.78 is 5.14. The van der Waals surface area contributed by atoms with Crippen molar-refractivity contribution in [1.29, 1.82) is 0 Å². The number of nitro groups is 1. The van der Waals surface area contributed by atoms with Gasteiger partial charge in [0.25, 0.3) is 11.6 Å². The second-order valence-corrected chi connectivity index (χ2v) is 4.43. The lowest BCUT2D eigenvalue weighted by Crippen LogP contribution is -2.32. The number of carbonyl (C=O) groups excluding carboxylic acids is 1. The van der Waals surface area contributed by atoms with E-state index in [1.807, 2.05) is 13.8 Å². The summed E-state index contributed by atoms with van der Waals surface area (Å²) in [5.74, 6) is 0.132. The lowest BCUT2D eigenvalue weighted by molar-refractivity contribution is -0.384. The first-order valence-electron chi connectivity index (χ1n) is 6.66. The molecule has 0 aliphatic carbocycles. The maximum Gasteiger partial charge on any atom is 0.270 e. The minimum absolute atomic E-state index is 0.109. The van der Waals surface area contributed by atoms with Gasteiger partial charge in [-0.25, -0.2) is 0 Å². The zero-order valence-electron chi connectivity index (χ0n) is 12.1. The second kappa shape index (κ2) is 7.47. The highest BCUT2D eigenvalue weighted by Gasteiger charge is 2.21. The number of hydrogen-bond donors (Lipinski definition) is 0. The molecule has 0 aromatic heterocycles. The van der Waals surface area contributed by atoms with Crippen LogP contribution >= 0.6 is 0 Å². The molecule has 0 saturated heterocycles. The fraction of sp³-hybridized carbons (Fsp3) is 0.500. The molecule has 0 aliphatic rings. The molecule has 0 radical (unpaired) electrons. The molecule has 0 atom stereocenters. The van der Waals surface area contributed by atoms with Crippen molar-refractivity contribution in [3.63, 3.8) is 0 Å². The first kappa shape index (κ1) is 15.9. The summed E-state index contributed by atoms with van der Waals surface area (Å²) >= 11 is 0. The Morgan fingerprint density at radius 3 is 2.35 bits per heavy atom. The van der Waals surface area contributed by atoms with Gasteiger partial charge in [0.15, 0.2) is 0 Å². The third kappa shape index (κ3) is 3.69. The van der Waals surface area contributed by atoms with Crippen LogP contribution in [0.15, 0.2) is 18.2 Å². The number of rotatable bonds is 7. The fourth-order valence-corrected chi connectivity index (χ4v) is 2.00. The van der Waals surface area contributed by atoms with Crippen LogP contribution in [0.25, 0.3) is 0 Å². The van der Waals surface area contributed by atoms with E-state index in [1.54, 1.807) is 4.90 Å². The number of carbonyl (C=O) groups is 1. The third-order valence-corrected chi connectivity index (χ3v) is 2.90.